The molecule has 0 saturated carbocycles. The van der Waals surface area contributed by atoms with Gasteiger partial charge in [-0.1, -0.05) is 6.07 Å². The van der Waals surface area contributed by atoms with Crippen LogP contribution < -0.4 is 20.5 Å². The fourth-order valence-electron chi connectivity index (χ4n) is 1.54. The molecule has 108 valence electrons. The molecule has 0 spiro atoms. The van der Waals surface area contributed by atoms with Gasteiger partial charge in [0.25, 0.3) is 5.91 Å². The number of nitriles is 1. The van der Waals surface area contributed by atoms with Crippen molar-refractivity contribution in [2.75, 3.05) is 20.3 Å². The molecule has 1 amide bonds. The predicted molar refractivity (Wildman–Crippen MR) is 74.3 cm³/mol. The number of hydrogen-bond donors (Lipinski definition) is 2. The maximum Gasteiger partial charge on any atom is 0.257 e. The quantitative estimate of drug-likeness (QED) is 0.728. The molecule has 3 N–H and O–H groups in total. The number of amides is 1. The summed E-state index contributed by atoms with van der Waals surface area (Å²) < 4.78 is 10.6. The topological polar surface area (TPSA) is 97.4 Å². The molecule has 1 aromatic rings. The molecule has 1 rings (SSSR count). The van der Waals surface area contributed by atoms with E-state index in [2.05, 4.69) is 5.32 Å². The average Bonchev–Trinajstić information content (AvgIpc) is 2.45. The fraction of sp³-hybridized carbons (Fsp3) is 0.429. The van der Waals surface area contributed by atoms with Gasteiger partial charge in [-0.05, 0) is 24.6 Å². The van der Waals surface area contributed by atoms with Crippen LogP contribution in [0.25, 0.3) is 0 Å². The Morgan fingerprint density at radius 2 is 2.25 bits per heavy atom. The maximum absolute atomic E-state index is 11.5. The molecule has 0 aromatic heterocycles. The summed E-state index contributed by atoms with van der Waals surface area (Å²) in [7, 11) is 1.53. The first-order chi connectivity index (χ1) is 9.58. The van der Waals surface area contributed by atoms with Crippen molar-refractivity contribution >= 4 is 5.91 Å². The largest absolute Gasteiger partial charge is 0.493 e. The molecule has 20 heavy (non-hydrogen) atoms. The Morgan fingerprint density at radius 3 is 2.85 bits per heavy atom. The van der Waals surface area contributed by atoms with Crippen LogP contribution in [-0.4, -0.2) is 26.2 Å². The molecule has 0 heterocycles. The monoisotopic (exact) mass is 277 g/mol. The summed E-state index contributed by atoms with van der Waals surface area (Å²) in [6.07, 6.45) is 0.276. The number of carbonyl (C=O) groups excluding carboxylic acids is 1. The standard InChI is InChI=1S/C14H19N3O3/c1-10(16)11-4-5-12(13(8-11)19-2)20-9-14(18)17-7-3-6-15/h4-5,8,10H,3,7,9,16H2,1-2H3,(H,17,18)/t10-/m0/s1. The minimum Gasteiger partial charge on any atom is -0.493 e. The smallest absolute Gasteiger partial charge is 0.257 e. The van der Waals surface area contributed by atoms with Gasteiger partial charge in [-0.25, -0.2) is 0 Å². The van der Waals surface area contributed by atoms with E-state index in [4.69, 9.17) is 20.5 Å². The number of nitrogens with two attached hydrogens (primary N) is 1. The molecular formula is C14H19N3O3. The van der Waals surface area contributed by atoms with E-state index in [-0.39, 0.29) is 25.0 Å². The second-order valence-electron chi connectivity index (χ2n) is 4.25. The van der Waals surface area contributed by atoms with Gasteiger partial charge in [0.2, 0.25) is 0 Å². The summed E-state index contributed by atoms with van der Waals surface area (Å²) in [4.78, 5) is 11.5. The van der Waals surface area contributed by atoms with E-state index in [0.29, 0.717) is 18.0 Å². The lowest BCUT2D eigenvalue weighted by atomic mass is 10.1. The number of carbonyl (C=O) groups is 1. The Kier molecular flexibility index (Phi) is 6.33. The third kappa shape index (κ3) is 4.78. The number of methoxy groups -OCH3 is 1. The normalized spacial score (nSPS) is 11.3. The van der Waals surface area contributed by atoms with Crippen LogP contribution in [0.5, 0.6) is 11.5 Å². The number of rotatable bonds is 7. The van der Waals surface area contributed by atoms with Crippen LogP contribution in [0.2, 0.25) is 0 Å². The summed E-state index contributed by atoms with van der Waals surface area (Å²) >= 11 is 0. The summed E-state index contributed by atoms with van der Waals surface area (Å²) in [6.45, 7) is 2.07. The lowest BCUT2D eigenvalue weighted by Gasteiger charge is -2.13. The van der Waals surface area contributed by atoms with Crippen LogP contribution in [-0.2, 0) is 4.79 Å². The second kappa shape index (κ2) is 8.02. The van der Waals surface area contributed by atoms with Gasteiger partial charge in [-0.3, -0.25) is 4.79 Å². The van der Waals surface area contributed by atoms with Crippen molar-refractivity contribution in [3.63, 3.8) is 0 Å². The molecule has 0 bridgehead atoms. The summed E-state index contributed by atoms with van der Waals surface area (Å²) in [5.74, 6) is 0.732. The Balaban J connectivity index is 2.59. The van der Waals surface area contributed by atoms with Crippen molar-refractivity contribution in [2.45, 2.75) is 19.4 Å². The highest BCUT2D eigenvalue weighted by Gasteiger charge is 2.10. The van der Waals surface area contributed by atoms with Gasteiger partial charge < -0.3 is 20.5 Å². The first-order valence-corrected chi connectivity index (χ1v) is 6.28. The van der Waals surface area contributed by atoms with E-state index >= 15 is 0 Å². The molecule has 0 radical (unpaired) electrons. The second-order valence-corrected chi connectivity index (χ2v) is 4.25. The van der Waals surface area contributed by atoms with Gasteiger partial charge in [0.05, 0.1) is 19.6 Å². The van der Waals surface area contributed by atoms with Gasteiger partial charge in [-0.15, -0.1) is 0 Å². The molecule has 0 fully saturated rings. The average molecular weight is 277 g/mol. The van der Waals surface area contributed by atoms with Crippen LogP contribution in [0, 0.1) is 11.3 Å². The zero-order valence-corrected chi connectivity index (χ0v) is 11.7. The first kappa shape index (κ1) is 15.8. The van der Waals surface area contributed by atoms with E-state index in [1.54, 1.807) is 12.1 Å². The minimum atomic E-state index is -0.279. The number of ether oxygens (including phenoxy) is 2. The van der Waals surface area contributed by atoms with E-state index in [1.807, 2.05) is 19.1 Å². The Bertz CT molecular complexity index is 495. The Morgan fingerprint density at radius 1 is 1.50 bits per heavy atom. The molecule has 0 unspecified atom stereocenters. The van der Waals surface area contributed by atoms with Crippen molar-refractivity contribution in [1.82, 2.24) is 5.32 Å². The van der Waals surface area contributed by atoms with E-state index in [0.717, 1.165) is 5.56 Å². The van der Waals surface area contributed by atoms with Gasteiger partial charge >= 0.3 is 0 Å². The van der Waals surface area contributed by atoms with Gasteiger partial charge in [0, 0.05) is 12.6 Å². The summed E-state index contributed by atoms with van der Waals surface area (Å²) in [6, 6.07) is 7.18. The van der Waals surface area contributed by atoms with Crippen molar-refractivity contribution in [3.8, 4) is 17.6 Å². The molecule has 6 nitrogen and oxygen atoms in total. The number of hydrogen-bond acceptors (Lipinski definition) is 5. The van der Waals surface area contributed by atoms with Crippen LogP contribution in [0.1, 0.15) is 24.9 Å². The molecule has 1 atom stereocenters. The van der Waals surface area contributed by atoms with Gasteiger partial charge in [0.15, 0.2) is 18.1 Å². The maximum atomic E-state index is 11.5. The molecule has 0 aliphatic carbocycles. The third-order valence-corrected chi connectivity index (χ3v) is 2.63. The Labute approximate surface area is 118 Å². The lowest BCUT2D eigenvalue weighted by Crippen LogP contribution is -2.29. The SMILES string of the molecule is COc1cc([C@H](C)N)ccc1OCC(=O)NCCC#N. The van der Waals surface area contributed by atoms with Crippen LogP contribution in [0.15, 0.2) is 18.2 Å². The summed E-state index contributed by atoms with van der Waals surface area (Å²) in [5, 5.41) is 10.9. The number of nitrogens with zero attached hydrogens (tertiary/aromatic N) is 1. The van der Waals surface area contributed by atoms with Crippen molar-refractivity contribution in [2.24, 2.45) is 5.73 Å². The lowest BCUT2D eigenvalue weighted by molar-refractivity contribution is -0.123. The zero-order chi connectivity index (χ0) is 15.0. The van der Waals surface area contributed by atoms with E-state index < -0.39 is 0 Å². The third-order valence-electron chi connectivity index (χ3n) is 2.63. The summed E-state index contributed by atoms with van der Waals surface area (Å²) in [5.41, 5.74) is 6.71. The number of nitrogens with one attached hydrogen (secondary N) is 1. The highest BCUT2D eigenvalue weighted by atomic mass is 16.5. The van der Waals surface area contributed by atoms with E-state index in [1.165, 1.54) is 7.11 Å². The highest BCUT2D eigenvalue weighted by molar-refractivity contribution is 5.77. The Hall–Kier alpha value is -2.26. The van der Waals surface area contributed by atoms with Gasteiger partial charge in [0.1, 0.15) is 0 Å². The van der Waals surface area contributed by atoms with Gasteiger partial charge in [-0.2, -0.15) is 5.26 Å². The molecule has 6 heteroatoms. The number of benzene rings is 1. The molecule has 1 aromatic carbocycles. The molecule has 0 aliphatic rings. The predicted octanol–water partition coefficient (Wildman–Crippen LogP) is 1.12. The van der Waals surface area contributed by atoms with Crippen molar-refractivity contribution in [1.29, 1.82) is 5.26 Å². The molecule has 0 saturated heterocycles. The van der Waals surface area contributed by atoms with Crippen molar-refractivity contribution < 1.29 is 14.3 Å². The minimum absolute atomic E-state index is 0.104. The van der Waals surface area contributed by atoms with Crippen LogP contribution in [0.3, 0.4) is 0 Å². The first-order valence-electron chi connectivity index (χ1n) is 6.28. The highest BCUT2D eigenvalue weighted by Crippen LogP contribution is 2.29. The molecule has 0 aliphatic heterocycles. The van der Waals surface area contributed by atoms with Crippen molar-refractivity contribution in [3.05, 3.63) is 23.8 Å². The fourth-order valence-corrected chi connectivity index (χ4v) is 1.54. The van der Waals surface area contributed by atoms with E-state index in [9.17, 15) is 4.79 Å². The van der Waals surface area contributed by atoms with Crippen LogP contribution in [0.4, 0.5) is 0 Å². The molecular weight excluding hydrogens is 258 g/mol. The zero-order valence-electron chi connectivity index (χ0n) is 11.7. The van der Waals surface area contributed by atoms with Crippen LogP contribution >= 0.6 is 0 Å².